The number of aryl methyl sites for hydroxylation is 1. The lowest BCUT2D eigenvalue weighted by Crippen LogP contribution is -2.39. The van der Waals surface area contributed by atoms with Gasteiger partial charge in [0.05, 0.1) is 23.9 Å². The molecule has 4 N–H and O–H groups in total. The summed E-state index contributed by atoms with van der Waals surface area (Å²) in [5.41, 5.74) is 7.48. The highest BCUT2D eigenvalue weighted by Gasteiger charge is 2.23. The lowest BCUT2D eigenvalue weighted by Gasteiger charge is -2.17. The number of fused-ring (bicyclic) bond motifs is 3. The van der Waals surface area contributed by atoms with Crippen LogP contribution in [0.5, 0.6) is 0 Å². The van der Waals surface area contributed by atoms with Crippen molar-refractivity contribution in [3.8, 4) is 0 Å². The lowest BCUT2D eigenvalue weighted by molar-refractivity contribution is -0.117. The van der Waals surface area contributed by atoms with Crippen LogP contribution >= 0.6 is 23.1 Å². The molecule has 3 heterocycles. The summed E-state index contributed by atoms with van der Waals surface area (Å²) < 4.78 is 5.12. The van der Waals surface area contributed by atoms with E-state index < -0.39 is 11.9 Å². The number of urea groups is 1. The Morgan fingerprint density at radius 1 is 1.41 bits per heavy atom. The van der Waals surface area contributed by atoms with Crippen LogP contribution in [0.15, 0.2) is 28.0 Å². The predicted molar refractivity (Wildman–Crippen MR) is 113 cm³/mol. The van der Waals surface area contributed by atoms with Gasteiger partial charge < -0.3 is 15.5 Å². The third-order valence-electron chi connectivity index (χ3n) is 4.75. The summed E-state index contributed by atoms with van der Waals surface area (Å²) in [6.07, 6.45) is 4.72. The number of carbonyl (C=O) groups is 2. The van der Waals surface area contributed by atoms with Crippen LogP contribution in [0, 0.1) is 5.92 Å². The highest BCUT2D eigenvalue weighted by molar-refractivity contribution is 7.99. The van der Waals surface area contributed by atoms with Crippen LogP contribution in [0.1, 0.15) is 29.5 Å². The van der Waals surface area contributed by atoms with Gasteiger partial charge in [0.25, 0.3) is 0 Å². The molecule has 0 spiro atoms. The first-order valence-electron chi connectivity index (χ1n) is 9.30. The van der Waals surface area contributed by atoms with E-state index in [1.165, 1.54) is 16.7 Å². The van der Waals surface area contributed by atoms with Crippen molar-refractivity contribution in [2.45, 2.75) is 37.9 Å². The van der Waals surface area contributed by atoms with Crippen molar-refractivity contribution in [3.05, 3.63) is 34.6 Å². The molecule has 0 aromatic carbocycles. The molecule has 1 aliphatic carbocycles. The van der Waals surface area contributed by atoms with E-state index in [4.69, 9.17) is 10.2 Å². The molecule has 0 aliphatic heterocycles. The average Bonchev–Trinajstić information content (AvgIpc) is 3.31. The van der Waals surface area contributed by atoms with Crippen molar-refractivity contribution in [3.63, 3.8) is 0 Å². The quantitative estimate of drug-likeness (QED) is 0.419. The number of carbonyl (C=O) groups excluding carboxylic acids is 2. The zero-order valence-electron chi connectivity index (χ0n) is 15.9. The number of rotatable bonds is 5. The van der Waals surface area contributed by atoms with E-state index in [9.17, 15) is 9.59 Å². The van der Waals surface area contributed by atoms with Crippen molar-refractivity contribution in [2.24, 2.45) is 5.92 Å². The topological polar surface area (TPSA) is 123 Å². The highest BCUT2D eigenvalue weighted by atomic mass is 32.2. The van der Waals surface area contributed by atoms with Gasteiger partial charge in [-0.25, -0.2) is 14.8 Å². The second kappa shape index (κ2) is 8.42. The van der Waals surface area contributed by atoms with Gasteiger partial charge in [-0.1, -0.05) is 18.7 Å². The average molecular weight is 432 g/mol. The van der Waals surface area contributed by atoms with E-state index in [-0.39, 0.29) is 12.3 Å². The highest BCUT2D eigenvalue weighted by Crippen LogP contribution is 2.39. The summed E-state index contributed by atoms with van der Waals surface area (Å²) in [7, 11) is 0. The van der Waals surface area contributed by atoms with Crippen LogP contribution in [-0.4, -0.2) is 27.7 Å². The molecular weight excluding hydrogens is 410 g/mol. The smallest absolute Gasteiger partial charge is 0.321 e. The molecule has 0 bridgehead atoms. The lowest BCUT2D eigenvalue weighted by atomic mass is 9.89. The number of nitrogen functional groups attached to an aromatic ring is 1. The molecule has 3 amide bonds. The number of hydrogen-bond donors (Lipinski definition) is 3. The van der Waals surface area contributed by atoms with E-state index in [0.29, 0.717) is 22.7 Å². The molecular formula is C19H21N5O3S2. The summed E-state index contributed by atoms with van der Waals surface area (Å²) in [5, 5.41) is 6.23. The Hall–Kier alpha value is -2.59. The Labute approximate surface area is 175 Å². The SMILES string of the molecule is CC1CCc2c(sc3nc(SCC(=O)NC(=O)NCc4ccco4)nc(N)c23)C1. The normalized spacial score (nSPS) is 15.8. The number of amides is 3. The molecule has 3 aromatic rings. The zero-order valence-corrected chi connectivity index (χ0v) is 17.5. The summed E-state index contributed by atoms with van der Waals surface area (Å²) in [6.45, 7) is 2.46. The van der Waals surface area contributed by atoms with Crippen molar-refractivity contribution in [1.82, 2.24) is 20.6 Å². The van der Waals surface area contributed by atoms with Crippen molar-refractivity contribution >= 4 is 51.1 Å². The number of nitrogens with one attached hydrogen (secondary N) is 2. The fourth-order valence-electron chi connectivity index (χ4n) is 3.33. The number of imide groups is 1. The molecule has 1 unspecified atom stereocenters. The van der Waals surface area contributed by atoms with E-state index in [1.54, 1.807) is 23.5 Å². The third-order valence-corrected chi connectivity index (χ3v) is 6.75. The number of furan rings is 1. The van der Waals surface area contributed by atoms with E-state index in [2.05, 4.69) is 27.5 Å². The molecule has 3 aromatic heterocycles. The maximum atomic E-state index is 12.0. The van der Waals surface area contributed by atoms with Gasteiger partial charge >= 0.3 is 6.03 Å². The van der Waals surface area contributed by atoms with Crippen molar-refractivity contribution in [2.75, 3.05) is 11.5 Å². The van der Waals surface area contributed by atoms with Crippen molar-refractivity contribution < 1.29 is 14.0 Å². The molecule has 4 rings (SSSR count). The number of thiophene rings is 1. The summed E-state index contributed by atoms with van der Waals surface area (Å²) in [6, 6.07) is 2.88. The molecule has 0 saturated carbocycles. The number of thioether (sulfide) groups is 1. The second-order valence-electron chi connectivity index (χ2n) is 7.02. The molecule has 10 heteroatoms. The number of nitrogens with two attached hydrogens (primary N) is 1. The standard InChI is InChI=1S/C19H21N5O3S2/c1-10-4-5-12-13(7-10)29-17-15(12)16(20)23-19(24-17)28-9-14(25)22-18(26)21-8-11-3-2-6-27-11/h2-3,6,10H,4-5,7-9H2,1H3,(H2,20,23,24)(H2,21,22,25,26). The van der Waals surface area contributed by atoms with Gasteiger partial charge in [-0.2, -0.15) is 0 Å². The fourth-order valence-corrected chi connectivity index (χ4v) is 5.43. The third kappa shape index (κ3) is 4.54. The Morgan fingerprint density at radius 2 is 2.28 bits per heavy atom. The van der Waals surface area contributed by atoms with Gasteiger partial charge in [0.1, 0.15) is 16.4 Å². The van der Waals surface area contributed by atoms with Gasteiger partial charge in [0, 0.05) is 4.88 Å². The van der Waals surface area contributed by atoms with E-state index in [1.807, 2.05) is 0 Å². The zero-order chi connectivity index (χ0) is 20.4. The van der Waals surface area contributed by atoms with Crippen LogP contribution in [0.25, 0.3) is 10.2 Å². The number of anilines is 1. The van der Waals surface area contributed by atoms with E-state index in [0.717, 1.165) is 41.2 Å². The second-order valence-corrected chi connectivity index (χ2v) is 9.05. The first-order chi connectivity index (χ1) is 14.0. The van der Waals surface area contributed by atoms with Gasteiger partial charge in [-0.3, -0.25) is 10.1 Å². The molecule has 1 aliphatic rings. The minimum absolute atomic E-state index is 0.0151. The van der Waals surface area contributed by atoms with Crippen LogP contribution in [-0.2, 0) is 24.2 Å². The molecule has 0 fully saturated rings. The van der Waals surface area contributed by atoms with E-state index >= 15 is 0 Å². The Bertz CT molecular complexity index is 1050. The molecule has 152 valence electrons. The summed E-state index contributed by atoms with van der Waals surface area (Å²) in [5.74, 6) is 1.31. The van der Waals surface area contributed by atoms with Crippen molar-refractivity contribution in [1.29, 1.82) is 0 Å². The summed E-state index contributed by atoms with van der Waals surface area (Å²) >= 11 is 2.82. The molecule has 0 radical (unpaired) electrons. The Balaban J connectivity index is 1.35. The first-order valence-corrected chi connectivity index (χ1v) is 11.1. The van der Waals surface area contributed by atoms with Crippen LogP contribution in [0.4, 0.5) is 10.6 Å². The maximum Gasteiger partial charge on any atom is 0.321 e. The number of nitrogens with zero attached hydrogens (tertiary/aromatic N) is 2. The van der Waals surface area contributed by atoms with Crippen LogP contribution in [0.2, 0.25) is 0 Å². The van der Waals surface area contributed by atoms with Gasteiger partial charge in [0.2, 0.25) is 5.91 Å². The molecule has 1 atom stereocenters. The largest absolute Gasteiger partial charge is 0.467 e. The van der Waals surface area contributed by atoms with Gasteiger partial charge in [0.15, 0.2) is 5.16 Å². The minimum Gasteiger partial charge on any atom is -0.467 e. The molecule has 0 saturated heterocycles. The van der Waals surface area contributed by atoms with Crippen LogP contribution < -0.4 is 16.4 Å². The number of aromatic nitrogens is 2. The predicted octanol–water partition coefficient (Wildman–Crippen LogP) is 3.11. The Kier molecular flexibility index (Phi) is 5.72. The first kappa shape index (κ1) is 19.7. The molecule has 8 nitrogen and oxygen atoms in total. The van der Waals surface area contributed by atoms with Gasteiger partial charge in [-0.05, 0) is 42.9 Å². The molecule has 29 heavy (non-hydrogen) atoms. The Morgan fingerprint density at radius 3 is 3.07 bits per heavy atom. The summed E-state index contributed by atoms with van der Waals surface area (Å²) in [4.78, 5) is 35.0. The van der Waals surface area contributed by atoms with Gasteiger partial charge in [-0.15, -0.1) is 11.3 Å². The van der Waals surface area contributed by atoms with Crippen LogP contribution in [0.3, 0.4) is 0 Å². The minimum atomic E-state index is -0.581. The maximum absolute atomic E-state index is 12.0. The number of hydrogen-bond acceptors (Lipinski definition) is 8. The fraction of sp³-hybridized carbons (Fsp3) is 0.368. The monoisotopic (exact) mass is 431 g/mol.